The summed E-state index contributed by atoms with van der Waals surface area (Å²) in [7, 11) is -3.94. The van der Waals surface area contributed by atoms with E-state index in [0.29, 0.717) is 5.69 Å². The van der Waals surface area contributed by atoms with Gasteiger partial charge in [0.15, 0.2) is 0 Å². The first-order chi connectivity index (χ1) is 15.6. The second-order valence-electron chi connectivity index (χ2n) is 9.31. The Kier molecular flexibility index (Phi) is 6.33. The Balaban J connectivity index is 1.74. The minimum atomic E-state index is -3.94. The van der Waals surface area contributed by atoms with Crippen LogP contribution >= 0.6 is 0 Å². The van der Waals surface area contributed by atoms with E-state index < -0.39 is 21.5 Å². The maximum Gasteiger partial charge on any atom is 0.247 e. The number of rotatable bonds is 5. The van der Waals surface area contributed by atoms with Gasteiger partial charge in [0.05, 0.1) is 11.4 Å². The molecule has 1 N–H and O–H groups in total. The van der Waals surface area contributed by atoms with Crippen molar-refractivity contribution in [2.24, 2.45) is 0 Å². The summed E-state index contributed by atoms with van der Waals surface area (Å²) in [5.74, 6) is -0.748. The first-order valence-electron chi connectivity index (χ1n) is 11.4. The molecular weight excluding hydrogens is 438 g/mol. The second-order valence-corrected chi connectivity index (χ2v) is 11.3. The Morgan fingerprint density at radius 3 is 2.33 bits per heavy atom. The summed E-state index contributed by atoms with van der Waals surface area (Å²) in [4.78, 5) is 28.7. The van der Waals surface area contributed by atoms with E-state index in [-0.39, 0.29) is 29.9 Å². The smallest absolute Gasteiger partial charge is 0.247 e. The van der Waals surface area contributed by atoms with Gasteiger partial charge in [-0.3, -0.25) is 14.5 Å². The Morgan fingerprint density at radius 1 is 1.03 bits per heavy atom. The van der Waals surface area contributed by atoms with E-state index in [1.807, 2.05) is 32.0 Å². The number of nitrogens with one attached hydrogen (secondary N) is 1. The van der Waals surface area contributed by atoms with Crippen LogP contribution in [-0.4, -0.2) is 49.2 Å². The summed E-state index contributed by atoms with van der Waals surface area (Å²) in [6.07, 6.45) is 3.89. The quantitative estimate of drug-likeness (QED) is 0.729. The molecule has 2 aromatic rings. The summed E-state index contributed by atoms with van der Waals surface area (Å²) >= 11 is 0. The van der Waals surface area contributed by atoms with Crippen molar-refractivity contribution < 1.29 is 18.0 Å². The fraction of sp³-hybridized carbons (Fsp3) is 0.440. The van der Waals surface area contributed by atoms with E-state index in [1.54, 1.807) is 25.1 Å². The van der Waals surface area contributed by atoms with Crippen LogP contribution < -0.4 is 10.2 Å². The summed E-state index contributed by atoms with van der Waals surface area (Å²) < 4.78 is 27.8. The third-order valence-electron chi connectivity index (χ3n) is 6.85. The molecule has 0 bridgehead atoms. The van der Waals surface area contributed by atoms with Crippen LogP contribution in [0.25, 0.3) is 0 Å². The van der Waals surface area contributed by atoms with Crippen LogP contribution in [0, 0.1) is 13.8 Å². The first kappa shape index (κ1) is 23.4. The third kappa shape index (κ3) is 4.42. The average molecular weight is 470 g/mol. The topological polar surface area (TPSA) is 86.8 Å². The molecule has 0 spiro atoms. The van der Waals surface area contributed by atoms with Gasteiger partial charge in [0.1, 0.15) is 5.54 Å². The largest absolute Gasteiger partial charge is 0.351 e. The van der Waals surface area contributed by atoms with Crippen molar-refractivity contribution in [3.63, 3.8) is 0 Å². The van der Waals surface area contributed by atoms with Gasteiger partial charge < -0.3 is 5.32 Å². The van der Waals surface area contributed by atoms with Gasteiger partial charge in [0.2, 0.25) is 21.8 Å². The molecule has 176 valence electrons. The van der Waals surface area contributed by atoms with Gasteiger partial charge >= 0.3 is 0 Å². The summed E-state index contributed by atoms with van der Waals surface area (Å²) in [6.45, 7) is 5.15. The van der Waals surface area contributed by atoms with Crippen LogP contribution in [0.1, 0.15) is 43.7 Å². The first-order valence-corrected chi connectivity index (χ1v) is 12.8. The Hall–Kier alpha value is -2.71. The fourth-order valence-corrected chi connectivity index (χ4v) is 6.26. The Bertz CT molecular complexity index is 1160. The number of benzene rings is 2. The monoisotopic (exact) mass is 469 g/mol. The molecule has 2 aliphatic rings. The van der Waals surface area contributed by atoms with Crippen molar-refractivity contribution in [2.75, 3.05) is 18.0 Å². The molecule has 2 aromatic carbocycles. The number of sulfonamides is 1. The van der Waals surface area contributed by atoms with Gasteiger partial charge in [-0.2, -0.15) is 4.31 Å². The van der Waals surface area contributed by atoms with Crippen molar-refractivity contribution in [2.45, 2.75) is 62.9 Å². The Labute approximate surface area is 195 Å². The number of carbonyl (C=O) groups is 2. The van der Waals surface area contributed by atoms with Gasteiger partial charge in [0.25, 0.3) is 0 Å². The van der Waals surface area contributed by atoms with Gasteiger partial charge in [-0.25, -0.2) is 8.42 Å². The lowest BCUT2D eigenvalue weighted by molar-refractivity contribution is -0.133. The van der Waals surface area contributed by atoms with E-state index in [2.05, 4.69) is 5.32 Å². The van der Waals surface area contributed by atoms with Crippen LogP contribution in [-0.2, 0) is 19.6 Å². The maximum atomic E-state index is 13.6. The Morgan fingerprint density at radius 2 is 1.70 bits per heavy atom. The average Bonchev–Trinajstić information content (AvgIpc) is 3.29. The van der Waals surface area contributed by atoms with Gasteiger partial charge in [-0.05, 0) is 69.0 Å². The second kappa shape index (κ2) is 8.91. The molecule has 0 radical (unpaired) electrons. The van der Waals surface area contributed by atoms with E-state index in [9.17, 15) is 18.0 Å². The third-order valence-corrected chi connectivity index (χ3v) is 8.65. The summed E-state index contributed by atoms with van der Waals surface area (Å²) in [6, 6.07) is 13.7. The van der Waals surface area contributed by atoms with Crippen LogP contribution in [0.3, 0.4) is 0 Å². The van der Waals surface area contributed by atoms with Crippen molar-refractivity contribution >= 4 is 27.5 Å². The molecule has 1 heterocycles. The minimum absolute atomic E-state index is 0.0483. The number of carbonyl (C=O) groups excluding carboxylic acids is 2. The zero-order valence-electron chi connectivity index (χ0n) is 19.4. The van der Waals surface area contributed by atoms with Crippen molar-refractivity contribution in [3.05, 3.63) is 59.7 Å². The standard InChI is InChI=1S/C25H31N3O4S/c1-18-13-14-21(15-19(18)2)28-23(29)16-27(33(31,32)22-11-5-4-6-12-22)17-25(28,3)24(30)26-20-9-7-8-10-20/h4-6,11-15,20H,7-10,16-17H2,1-3H3,(H,26,30)/t25-/m0/s1. The van der Waals surface area contributed by atoms with Gasteiger partial charge in [0, 0.05) is 18.3 Å². The van der Waals surface area contributed by atoms with Crippen molar-refractivity contribution in [1.82, 2.24) is 9.62 Å². The molecule has 1 saturated heterocycles. The highest BCUT2D eigenvalue weighted by atomic mass is 32.2. The molecule has 1 aliphatic heterocycles. The number of hydrogen-bond acceptors (Lipinski definition) is 4. The van der Waals surface area contributed by atoms with Crippen molar-refractivity contribution in [3.8, 4) is 0 Å². The number of anilines is 1. The predicted molar refractivity (Wildman–Crippen MR) is 127 cm³/mol. The van der Waals surface area contributed by atoms with Crippen LogP contribution in [0.5, 0.6) is 0 Å². The van der Waals surface area contributed by atoms with Crippen LogP contribution in [0.15, 0.2) is 53.4 Å². The van der Waals surface area contributed by atoms with E-state index in [4.69, 9.17) is 0 Å². The van der Waals surface area contributed by atoms with Crippen molar-refractivity contribution in [1.29, 1.82) is 0 Å². The fourth-order valence-electron chi connectivity index (χ4n) is 4.76. The SMILES string of the molecule is Cc1ccc(N2C(=O)CN(S(=O)(=O)c3ccccc3)C[C@@]2(C)C(=O)NC2CCCC2)cc1C. The summed E-state index contributed by atoms with van der Waals surface area (Å²) in [5, 5.41) is 3.09. The molecular formula is C25H31N3O4S. The highest BCUT2D eigenvalue weighted by molar-refractivity contribution is 7.89. The molecule has 2 fully saturated rings. The molecule has 1 aliphatic carbocycles. The van der Waals surface area contributed by atoms with Crippen LogP contribution in [0.4, 0.5) is 5.69 Å². The highest BCUT2D eigenvalue weighted by Gasteiger charge is 2.51. The van der Waals surface area contributed by atoms with Gasteiger partial charge in [-0.1, -0.05) is 37.1 Å². The minimum Gasteiger partial charge on any atom is -0.351 e. The normalized spacial score (nSPS) is 22.5. The predicted octanol–water partition coefficient (Wildman–Crippen LogP) is 3.16. The molecule has 0 aromatic heterocycles. The number of hydrogen-bond donors (Lipinski definition) is 1. The zero-order valence-corrected chi connectivity index (χ0v) is 20.2. The number of piperazine rings is 1. The molecule has 1 saturated carbocycles. The molecule has 1 atom stereocenters. The lowest BCUT2D eigenvalue weighted by Gasteiger charge is -2.47. The van der Waals surface area contributed by atoms with E-state index in [1.165, 1.54) is 17.0 Å². The lowest BCUT2D eigenvalue weighted by atomic mass is 9.93. The molecule has 33 heavy (non-hydrogen) atoms. The zero-order chi connectivity index (χ0) is 23.8. The van der Waals surface area contributed by atoms with E-state index >= 15 is 0 Å². The molecule has 8 heteroatoms. The number of amides is 2. The molecule has 7 nitrogen and oxygen atoms in total. The highest BCUT2D eigenvalue weighted by Crippen LogP contribution is 2.33. The molecule has 0 unspecified atom stereocenters. The van der Waals surface area contributed by atoms with Crippen LogP contribution in [0.2, 0.25) is 0 Å². The van der Waals surface area contributed by atoms with Gasteiger partial charge in [-0.15, -0.1) is 0 Å². The maximum absolute atomic E-state index is 13.6. The molecule has 2 amide bonds. The number of nitrogens with zero attached hydrogens (tertiary/aromatic N) is 2. The summed E-state index contributed by atoms with van der Waals surface area (Å²) in [5.41, 5.74) is 1.29. The van der Waals surface area contributed by atoms with E-state index in [0.717, 1.165) is 41.1 Å². The molecule has 4 rings (SSSR count). The number of aryl methyl sites for hydroxylation is 2. The lowest BCUT2D eigenvalue weighted by Crippen LogP contribution is -2.70.